The van der Waals surface area contributed by atoms with Gasteiger partial charge in [-0.25, -0.2) is 0 Å². The first-order chi connectivity index (χ1) is 13.7. The molecule has 0 fully saturated rings. The summed E-state index contributed by atoms with van der Waals surface area (Å²) in [4.78, 5) is 12.5. The number of benzene rings is 3. The summed E-state index contributed by atoms with van der Waals surface area (Å²) < 4.78 is 12.6. The van der Waals surface area contributed by atoms with Gasteiger partial charge in [0.05, 0.1) is 5.56 Å². The normalized spacial score (nSPS) is 14.3. The van der Waals surface area contributed by atoms with Crippen molar-refractivity contribution in [1.29, 1.82) is 0 Å². The van der Waals surface area contributed by atoms with Crippen molar-refractivity contribution < 1.29 is 14.3 Å². The lowest BCUT2D eigenvalue weighted by Gasteiger charge is -2.07. The number of ketones is 1. The monoisotopic (exact) mass is 432 g/mol. The molecule has 0 unspecified atom stereocenters. The maximum absolute atomic E-state index is 12.5. The molecular weight excluding hydrogens is 416 g/mol. The Labute approximate surface area is 172 Å². The van der Waals surface area contributed by atoms with E-state index in [4.69, 9.17) is 9.47 Å². The quantitative estimate of drug-likeness (QED) is 0.450. The van der Waals surface area contributed by atoms with E-state index in [2.05, 4.69) is 15.9 Å². The largest absolute Gasteiger partial charge is 0.489 e. The molecule has 1 heterocycles. The lowest BCUT2D eigenvalue weighted by atomic mass is 10.1. The van der Waals surface area contributed by atoms with Gasteiger partial charge in [0.15, 0.2) is 5.76 Å². The number of ether oxygens (including phenoxy) is 2. The maximum atomic E-state index is 12.5. The average molecular weight is 433 g/mol. The zero-order valence-electron chi connectivity index (χ0n) is 15.0. The van der Waals surface area contributed by atoms with Gasteiger partial charge in [0.2, 0.25) is 5.78 Å². The number of fused-ring (bicyclic) bond motifs is 1. The molecular formula is C24H17BrO3. The molecule has 0 aliphatic carbocycles. The number of halogens is 1. The first-order valence-corrected chi connectivity index (χ1v) is 9.65. The van der Waals surface area contributed by atoms with Crippen molar-refractivity contribution in [3.8, 4) is 11.5 Å². The van der Waals surface area contributed by atoms with E-state index >= 15 is 0 Å². The van der Waals surface area contributed by atoms with E-state index in [1.807, 2.05) is 66.7 Å². The fourth-order valence-corrected chi connectivity index (χ4v) is 3.09. The standard InChI is InChI=1S/C24H17BrO3/c25-19-11-9-18(10-12-19)16-27-20-13-14-21-23(15-20)28-22(24(21)26)8-4-7-17-5-2-1-3-6-17/h1-15H,16H2. The van der Waals surface area contributed by atoms with Gasteiger partial charge in [-0.1, -0.05) is 70.5 Å². The molecule has 138 valence electrons. The van der Waals surface area contributed by atoms with Crippen LogP contribution in [0, 0.1) is 0 Å². The number of carbonyl (C=O) groups excluding carboxylic acids is 1. The Hall–Kier alpha value is -3.11. The number of rotatable bonds is 5. The highest BCUT2D eigenvalue weighted by molar-refractivity contribution is 9.10. The van der Waals surface area contributed by atoms with Crippen LogP contribution in [-0.4, -0.2) is 5.78 Å². The van der Waals surface area contributed by atoms with Crippen LogP contribution in [0.1, 0.15) is 21.5 Å². The Balaban J connectivity index is 1.44. The fraction of sp³-hybridized carbons (Fsp3) is 0.0417. The van der Waals surface area contributed by atoms with Gasteiger partial charge in [0, 0.05) is 10.5 Å². The molecule has 3 aromatic rings. The Bertz CT molecular complexity index is 1050. The van der Waals surface area contributed by atoms with Crippen molar-refractivity contribution in [2.45, 2.75) is 6.61 Å². The van der Waals surface area contributed by atoms with Crippen LogP contribution in [0.4, 0.5) is 0 Å². The Morgan fingerprint density at radius 3 is 2.54 bits per heavy atom. The summed E-state index contributed by atoms with van der Waals surface area (Å²) in [5, 5.41) is 0. The molecule has 4 rings (SSSR count). The topological polar surface area (TPSA) is 35.5 Å². The molecule has 0 radical (unpaired) electrons. The van der Waals surface area contributed by atoms with Crippen LogP contribution in [0.3, 0.4) is 0 Å². The molecule has 0 atom stereocenters. The third kappa shape index (κ3) is 4.24. The smallest absolute Gasteiger partial charge is 0.231 e. The first kappa shape index (κ1) is 18.3. The molecule has 0 bridgehead atoms. The van der Waals surface area contributed by atoms with Gasteiger partial charge >= 0.3 is 0 Å². The van der Waals surface area contributed by atoms with E-state index in [1.165, 1.54) is 0 Å². The minimum atomic E-state index is -0.118. The maximum Gasteiger partial charge on any atom is 0.231 e. The van der Waals surface area contributed by atoms with Crippen LogP contribution >= 0.6 is 15.9 Å². The fourth-order valence-electron chi connectivity index (χ4n) is 2.83. The van der Waals surface area contributed by atoms with Gasteiger partial charge in [-0.3, -0.25) is 4.79 Å². The van der Waals surface area contributed by atoms with Gasteiger partial charge in [0.1, 0.15) is 18.1 Å². The number of Topliss-reactive ketones (excluding diaryl/α,β-unsaturated/α-hetero) is 1. The van der Waals surface area contributed by atoms with Crippen LogP contribution in [0.5, 0.6) is 11.5 Å². The Morgan fingerprint density at radius 1 is 0.964 bits per heavy atom. The number of allylic oxidation sites excluding steroid dienone is 3. The number of carbonyl (C=O) groups is 1. The molecule has 1 aliphatic rings. The van der Waals surface area contributed by atoms with Crippen molar-refractivity contribution in [2.24, 2.45) is 0 Å². The molecule has 0 spiro atoms. The lowest BCUT2D eigenvalue weighted by molar-refractivity contribution is 0.101. The molecule has 4 heteroatoms. The van der Waals surface area contributed by atoms with Crippen LogP contribution in [0.15, 0.2) is 95.2 Å². The van der Waals surface area contributed by atoms with Crippen LogP contribution < -0.4 is 9.47 Å². The number of hydrogen-bond acceptors (Lipinski definition) is 3. The molecule has 3 nitrogen and oxygen atoms in total. The van der Waals surface area contributed by atoms with Crippen LogP contribution in [0.2, 0.25) is 0 Å². The van der Waals surface area contributed by atoms with Gasteiger partial charge in [-0.2, -0.15) is 0 Å². The van der Waals surface area contributed by atoms with Gasteiger partial charge in [0.25, 0.3) is 0 Å². The molecule has 3 aromatic carbocycles. The van der Waals surface area contributed by atoms with E-state index < -0.39 is 0 Å². The van der Waals surface area contributed by atoms with Crippen molar-refractivity contribution in [3.63, 3.8) is 0 Å². The molecule has 0 saturated heterocycles. The van der Waals surface area contributed by atoms with E-state index in [0.717, 1.165) is 15.6 Å². The summed E-state index contributed by atoms with van der Waals surface area (Å²) in [5.74, 6) is 1.38. The first-order valence-electron chi connectivity index (χ1n) is 8.86. The second-order valence-electron chi connectivity index (χ2n) is 6.31. The second kappa shape index (κ2) is 8.28. The van der Waals surface area contributed by atoms with Gasteiger partial charge in [-0.05, 0) is 41.5 Å². The Kier molecular flexibility index (Phi) is 5.40. The van der Waals surface area contributed by atoms with Gasteiger partial charge in [-0.15, -0.1) is 0 Å². The highest BCUT2D eigenvalue weighted by Gasteiger charge is 2.27. The summed E-state index contributed by atoms with van der Waals surface area (Å²) in [6.45, 7) is 0.447. The highest BCUT2D eigenvalue weighted by atomic mass is 79.9. The summed E-state index contributed by atoms with van der Waals surface area (Å²) in [6.07, 6.45) is 5.44. The molecule has 0 aromatic heterocycles. The predicted molar refractivity (Wildman–Crippen MR) is 113 cm³/mol. The molecule has 0 saturated carbocycles. The van der Waals surface area contributed by atoms with Crippen molar-refractivity contribution >= 4 is 27.8 Å². The second-order valence-corrected chi connectivity index (χ2v) is 7.22. The predicted octanol–water partition coefficient (Wildman–Crippen LogP) is 6.20. The minimum Gasteiger partial charge on any atom is -0.489 e. The van der Waals surface area contributed by atoms with E-state index in [0.29, 0.717) is 29.4 Å². The summed E-state index contributed by atoms with van der Waals surface area (Å²) in [7, 11) is 0. The third-order valence-electron chi connectivity index (χ3n) is 4.30. The van der Waals surface area contributed by atoms with Crippen molar-refractivity contribution in [1.82, 2.24) is 0 Å². The molecule has 1 aliphatic heterocycles. The SMILES string of the molecule is O=C1C(=CC=Cc2ccccc2)Oc2cc(OCc3ccc(Br)cc3)ccc21. The van der Waals surface area contributed by atoms with E-state index in [9.17, 15) is 4.79 Å². The molecule has 0 amide bonds. The van der Waals surface area contributed by atoms with Crippen LogP contribution in [-0.2, 0) is 6.61 Å². The zero-order chi connectivity index (χ0) is 19.3. The molecule has 28 heavy (non-hydrogen) atoms. The van der Waals surface area contributed by atoms with E-state index in [-0.39, 0.29) is 5.78 Å². The van der Waals surface area contributed by atoms with Gasteiger partial charge < -0.3 is 9.47 Å². The summed E-state index contributed by atoms with van der Waals surface area (Å²) in [5.41, 5.74) is 2.67. The van der Waals surface area contributed by atoms with Crippen LogP contribution in [0.25, 0.3) is 6.08 Å². The summed E-state index contributed by atoms with van der Waals surface area (Å²) >= 11 is 3.42. The Morgan fingerprint density at radius 2 is 1.75 bits per heavy atom. The summed E-state index contributed by atoms with van der Waals surface area (Å²) in [6, 6.07) is 23.1. The average Bonchev–Trinajstić information content (AvgIpc) is 3.03. The highest BCUT2D eigenvalue weighted by Crippen LogP contribution is 2.34. The third-order valence-corrected chi connectivity index (χ3v) is 4.82. The van der Waals surface area contributed by atoms with Crippen molar-refractivity contribution in [2.75, 3.05) is 0 Å². The lowest BCUT2D eigenvalue weighted by Crippen LogP contribution is -1.97. The number of hydrogen-bond donors (Lipinski definition) is 0. The molecule has 0 N–H and O–H groups in total. The van der Waals surface area contributed by atoms with Crippen molar-refractivity contribution in [3.05, 3.63) is 112 Å². The minimum absolute atomic E-state index is 0.118. The zero-order valence-corrected chi connectivity index (χ0v) is 16.6. The van der Waals surface area contributed by atoms with E-state index in [1.54, 1.807) is 24.3 Å².